The molecule has 5 rings (SSSR count). The molecule has 0 N–H and O–H groups in total. The molecular weight excluding hydrogens is 528 g/mol. The average molecular weight is 561 g/mol. The number of hydrogen-bond donors (Lipinski definition) is 0. The number of methoxy groups -OCH3 is 1. The van der Waals surface area contributed by atoms with E-state index in [1.165, 1.54) is 23.7 Å². The monoisotopic (exact) mass is 560 g/mol. The number of benzene rings is 3. The number of halogens is 1. The third-order valence-corrected chi connectivity index (χ3v) is 8.39. The van der Waals surface area contributed by atoms with Gasteiger partial charge in [-0.2, -0.15) is 0 Å². The minimum Gasteiger partial charge on any atom is -0.493 e. The van der Waals surface area contributed by atoms with Crippen molar-refractivity contribution in [2.75, 3.05) is 7.11 Å². The Hall–Kier alpha value is -3.22. The average Bonchev–Trinajstić information content (AvgIpc) is 3.27. The van der Waals surface area contributed by atoms with E-state index in [1.807, 2.05) is 71.6 Å². The molecule has 0 aromatic heterocycles. The Bertz CT molecular complexity index is 1380. The number of ether oxygens (including phenoxy) is 2. The van der Waals surface area contributed by atoms with Crippen LogP contribution in [0.2, 0.25) is 5.02 Å². The molecule has 5 nitrogen and oxygen atoms in total. The van der Waals surface area contributed by atoms with Crippen molar-refractivity contribution in [1.29, 1.82) is 0 Å². The van der Waals surface area contributed by atoms with Crippen molar-refractivity contribution in [3.63, 3.8) is 0 Å². The van der Waals surface area contributed by atoms with E-state index >= 15 is 0 Å². The molecule has 0 atom stereocenters. The van der Waals surface area contributed by atoms with Gasteiger partial charge in [0.25, 0.3) is 5.91 Å². The summed E-state index contributed by atoms with van der Waals surface area (Å²) >= 11 is 7.45. The molecule has 0 bridgehead atoms. The molecule has 1 amide bonds. The predicted octanol–water partition coefficient (Wildman–Crippen LogP) is 8.43. The SMILES string of the molecule is CCc1ccccc1N=C1S/C(=C/c2ccc(OCc3ccc(Cl)cc3)c(OC)c2)C(=O)N1C1CCCCC1. The quantitative estimate of drug-likeness (QED) is 0.259. The Labute approximate surface area is 239 Å². The number of amidine groups is 1. The van der Waals surface area contributed by atoms with Crippen molar-refractivity contribution in [2.24, 2.45) is 4.99 Å². The summed E-state index contributed by atoms with van der Waals surface area (Å²) in [6.07, 6.45) is 8.37. The molecule has 2 aliphatic rings. The van der Waals surface area contributed by atoms with Crippen molar-refractivity contribution >= 4 is 46.2 Å². The van der Waals surface area contributed by atoms with Crippen molar-refractivity contribution in [2.45, 2.75) is 58.1 Å². The predicted molar refractivity (Wildman–Crippen MR) is 161 cm³/mol. The van der Waals surface area contributed by atoms with Gasteiger partial charge in [-0.25, -0.2) is 4.99 Å². The van der Waals surface area contributed by atoms with Crippen molar-refractivity contribution in [3.05, 3.63) is 93.3 Å². The van der Waals surface area contributed by atoms with Crippen LogP contribution < -0.4 is 9.47 Å². The summed E-state index contributed by atoms with van der Waals surface area (Å²) < 4.78 is 11.6. The Morgan fingerprint density at radius 3 is 2.54 bits per heavy atom. The molecule has 2 fully saturated rings. The van der Waals surface area contributed by atoms with Gasteiger partial charge in [-0.15, -0.1) is 0 Å². The molecule has 1 heterocycles. The van der Waals surface area contributed by atoms with Gasteiger partial charge in [0, 0.05) is 11.1 Å². The first kappa shape index (κ1) is 27.4. The first-order chi connectivity index (χ1) is 19.1. The number of amides is 1. The summed E-state index contributed by atoms with van der Waals surface area (Å²) in [7, 11) is 1.62. The maximum atomic E-state index is 13.8. The zero-order valence-electron chi connectivity index (χ0n) is 22.4. The van der Waals surface area contributed by atoms with Crippen LogP contribution in [0.5, 0.6) is 11.5 Å². The number of para-hydroxylation sites is 1. The highest BCUT2D eigenvalue weighted by Gasteiger charge is 2.38. The van der Waals surface area contributed by atoms with Crippen LogP contribution in [0.1, 0.15) is 55.7 Å². The third kappa shape index (κ3) is 6.51. The minimum atomic E-state index is 0.0293. The van der Waals surface area contributed by atoms with Gasteiger partial charge < -0.3 is 9.47 Å². The highest BCUT2D eigenvalue weighted by atomic mass is 35.5. The van der Waals surface area contributed by atoms with Crippen LogP contribution in [0.4, 0.5) is 5.69 Å². The Morgan fingerprint density at radius 1 is 1.03 bits per heavy atom. The normalized spacial score (nSPS) is 18.2. The second-order valence-electron chi connectivity index (χ2n) is 9.78. The highest BCUT2D eigenvalue weighted by Crippen LogP contribution is 2.40. The lowest BCUT2D eigenvalue weighted by Gasteiger charge is -2.30. The molecule has 1 aliphatic heterocycles. The van der Waals surface area contributed by atoms with Crippen LogP contribution in [0.3, 0.4) is 0 Å². The van der Waals surface area contributed by atoms with E-state index in [0.717, 1.165) is 54.1 Å². The molecule has 1 saturated heterocycles. The molecule has 1 aliphatic carbocycles. The van der Waals surface area contributed by atoms with E-state index in [4.69, 9.17) is 26.1 Å². The fourth-order valence-electron chi connectivity index (χ4n) is 5.03. The smallest absolute Gasteiger partial charge is 0.267 e. The van der Waals surface area contributed by atoms with Gasteiger partial charge in [0.15, 0.2) is 16.7 Å². The molecule has 7 heteroatoms. The molecule has 0 spiro atoms. The van der Waals surface area contributed by atoms with Gasteiger partial charge >= 0.3 is 0 Å². The van der Waals surface area contributed by atoms with E-state index in [1.54, 1.807) is 7.11 Å². The lowest BCUT2D eigenvalue weighted by Crippen LogP contribution is -2.40. The van der Waals surface area contributed by atoms with Gasteiger partial charge in [0.1, 0.15) is 6.61 Å². The van der Waals surface area contributed by atoms with Crippen molar-refractivity contribution in [3.8, 4) is 11.5 Å². The number of carbonyl (C=O) groups is 1. The van der Waals surface area contributed by atoms with Gasteiger partial charge in [-0.05, 0) is 84.1 Å². The summed E-state index contributed by atoms with van der Waals surface area (Å²) in [5.41, 5.74) is 4.00. The first-order valence-electron chi connectivity index (χ1n) is 13.5. The fraction of sp³-hybridized carbons (Fsp3) is 0.312. The van der Waals surface area contributed by atoms with Crippen molar-refractivity contribution in [1.82, 2.24) is 4.90 Å². The molecule has 3 aromatic rings. The minimum absolute atomic E-state index is 0.0293. The van der Waals surface area contributed by atoms with E-state index < -0.39 is 0 Å². The van der Waals surface area contributed by atoms with E-state index in [2.05, 4.69) is 13.0 Å². The number of thioether (sulfide) groups is 1. The van der Waals surface area contributed by atoms with Crippen LogP contribution in [0.25, 0.3) is 6.08 Å². The van der Waals surface area contributed by atoms with E-state index in [9.17, 15) is 4.79 Å². The van der Waals surface area contributed by atoms with Crippen molar-refractivity contribution < 1.29 is 14.3 Å². The van der Waals surface area contributed by atoms with Crippen LogP contribution in [0, 0.1) is 0 Å². The summed E-state index contributed by atoms with van der Waals surface area (Å²) in [6.45, 7) is 2.53. The van der Waals surface area contributed by atoms with Gasteiger partial charge in [-0.3, -0.25) is 9.69 Å². The molecule has 0 radical (unpaired) electrons. The number of rotatable bonds is 8. The maximum Gasteiger partial charge on any atom is 0.267 e. The van der Waals surface area contributed by atoms with Gasteiger partial charge in [-0.1, -0.05) is 74.2 Å². The van der Waals surface area contributed by atoms with Gasteiger partial charge in [0.05, 0.1) is 17.7 Å². The number of carbonyl (C=O) groups excluding carboxylic acids is 1. The fourth-order valence-corrected chi connectivity index (χ4v) is 6.21. The van der Waals surface area contributed by atoms with Crippen LogP contribution in [-0.4, -0.2) is 29.1 Å². The first-order valence-corrected chi connectivity index (χ1v) is 14.7. The lowest BCUT2D eigenvalue weighted by atomic mass is 9.94. The number of nitrogens with zero attached hydrogens (tertiary/aromatic N) is 2. The zero-order chi connectivity index (χ0) is 27.2. The van der Waals surface area contributed by atoms with Crippen LogP contribution >= 0.6 is 23.4 Å². The molecular formula is C32H33ClN2O3S. The van der Waals surface area contributed by atoms with E-state index in [-0.39, 0.29) is 11.9 Å². The van der Waals surface area contributed by atoms with E-state index in [0.29, 0.717) is 28.0 Å². The molecule has 39 heavy (non-hydrogen) atoms. The highest BCUT2D eigenvalue weighted by molar-refractivity contribution is 8.18. The number of aliphatic imine (C=N–C) groups is 1. The Balaban J connectivity index is 1.41. The second kappa shape index (κ2) is 12.8. The number of aryl methyl sites for hydroxylation is 1. The Morgan fingerprint density at radius 2 is 1.79 bits per heavy atom. The Kier molecular flexibility index (Phi) is 8.95. The third-order valence-electron chi connectivity index (χ3n) is 7.16. The topological polar surface area (TPSA) is 51.1 Å². The lowest BCUT2D eigenvalue weighted by molar-refractivity contribution is -0.124. The van der Waals surface area contributed by atoms with Gasteiger partial charge in [0.2, 0.25) is 0 Å². The van der Waals surface area contributed by atoms with Crippen LogP contribution in [0.15, 0.2) is 76.6 Å². The standard InChI is InChI=1S/C32H33ClN2O3S/c1-3-24-9-7-8-12-27(24)34-32-35(26-10-5-4-6-11-26)31(36)30(39-32)20-23-15-18-28(29(19-23)37-2)38-21-22-13-16-25(33)17-14-22/h7-9,12-20,26H,3-6,10-11,21H2,1-2H3/b30-20+,34-32?. The second-order valence-corrected chi connectivity index (χ2v) is 11.2. The summed E-state index contributed by atoms with van der Waals surface area (Å²) in [5.74, 6) is 1.28. The summed E-state index contributed by atoms with van der Waals surface area (Å²) in [5, 5.41) is 1.46. The largest absolute Gasteiger partial charge is 0.493 e. The molecule has 1 saturated carbocycles. The molecule has 0 unspecified atom stereocenters. The summed E-state index contributed by atoms with van der Waals surface area (Å²) in [4.78, 5) is 21.4. The molecule has 3 aromatic carbocycles. The summed E-state index contributed by atoms with van der Waals surface area (Å²) in [6, 6.07) is 21.7. The zero-order valence-corrected chi connectivity index (χ0v) is 23.9. The van der Waals surface area contributed by atoms with Crippen LogP contribution in [-0.2, 0) is 17.8 Å². The number of hydrogen-bond acceptors (Lipinski definition) is 5. The molecule has 202 valence electrons. The maximum absolute atomic E-state index is 13.8.